The Kier molecular flexibility index (Phi) is 2.80. The molecule has 0 aromatic rings. The summed E-state index contributed by atoms with van der Waals surface area (Å²) in [4.78, 5) is 10.9. The van der Waals surface area contributed by atoms with Gasteiger partial charge in [0.05, 0.1) is 13.0 Å². The molecular formula is C7H10F3NO2. The maximum atomic E-state index is 12.1. The Labute approximate surface area is 73.2 Å². The molecule has 1 fully saturated rings. The monoisotopic (exact) mass is 197 g/mol. The molecule has 1 N–H and O–H groups in total. The van der Waals surface area contributed by atoms with E-state index in [1.165, 1.54) is 7.11 Å². The quantitative estimate of drug-likeness (QED) is 0.629. The highest BCUT2D eigenvalue weighted by Crippen LogP contribution is 2.29. The molecule has 1 heterocycles. The summed E-state index contributed by atoms with van der Waals surface area (Å²) >= 11 is 0. The zero-order chi connectivity index (χ0) is 10.1. The lowest BCUT2D eigenvalue weighted by atomic mass is 10.1. The van der Waals surface area contributed by atoms with Crippen molar-refractivity contribution < 1.29 is 22.7 Å². The lowest BCUT2D eigenvalue weighted by Crippen LogP contribution is -2.36. The minimum absolute atomic E-state index is 0.0385. The normalized spacial score (nSPS) is 28.9. The van der Waals surface area contributed by atoms with Gasteiger partial charge < -0.3 is 10.1 Å². The highest BCUT2D eigenvalue weighted by Gasteiger charge is 2.45. The van der Waals surface area contributed by atoms with Crippen molar-refractivity contribution in [2.75, 3.05) is 13.7 Å². The molecule has 1 rings (SSSR count). The molecule has 1 aliphatic rings. The highest BCUT2D eigenvalue weighted by molar-refractivity contribution is 5.73. The number of halogens is 3. The Morgan fingerprint density at radius 3 is 2.54 bits per heavy atom. The molecule has 0 amide bonds. The molecule has 2 atom stereocenters. The Morgan fingerprint density at radius 2 is 2.15 bits per heavy atom. The van der Waals surface area contributed by atoms with E-state index in [4.69, 9.17) is 0 Å². The van der Waals surface area contributed by atoms with Gasteiger partial charge in [-0.2, -0.15) is 13.2 Å². The predicted octanol–water partition coefficient (Wildman–Crippen LogP) is 0.700. The van der Waals surface area contributed by atoms with Gasteiger partial charge >= 0.3 is 12.1 Å². The van der Waals surface area contributed by atoms with Crippen LogP contribution in [0.25, 0.3) is 0 Å². The Morgan fingerprint density at radius 1 is 1.54 bits per heavy atom. The van der Waals surface area contributed by atoms with Crippen molar-refractivity contribution in [2.24, 2.45) is 5.92 Å². The van der Waals surface area contributed by atoms with Crippen LogP contribution in [0.3, 0.4) is 0 Å². The van der Waals surface area contributed by atoms with Gasteiger partial charge in [0, 0.05) is 6.54 Å². The molecule has 1 saturated heterocycles. The van der Waals surface area contributed by atoms with Crippen molar-refractivity contribution in [3.63, 3.8) is 0 Å². The van der Waals surface area contributed by atoms with Crippen LogP contribution in [-0.2, 0) is 9.53 Å². The third-order valence-electron chi connectivity index (χ3n) is 2.06. The molecule has 0 spiro atoms. The molecule has 0 radical (unpaired) electrons. The molecular weight excluding hydrogens is 187 g/mol. The van der Waals surface area contributed by atoms with Gasteiger partial charge in [-0.25, -0.2) is 0 Å². The van der Waals surface area contributed by atoms with Crippen molar-refractivity contribution in [1.29, 1.82) is 0 Å². The molecule has 13 heavy (non-hydrogen) atoms. The van der Waals surface area contributed by atoms with Gasteiger partial charge in [-0.3, -0.25) is 4.79 Å². The number of hydrogen-bond acceptors (Lipinski definition) is 3. The average molecular weight is 197 g/mol. The third kappa shape index (κ3) is 2.33. The average Bonchev–Trinajstić information content (AvgIpc) is 2.50. The molecule has 6 heteroatoms. The minimum atomic E-state index is -4.28. The zero-order valence-corrected chi connectivity index (χ0v) is 7.02. The number of ether oxygens (including phenoxy) is 1. The number of nitrogens with one attached hydrogen (secondary N) is 1. The number of hydrogen-bond donors (Lipinski definition) is 1. The van der Waals surface area contributed by atoms with Crippen molar-refractivity contribution in [3.8, 4) is 0 Å². The van der Waals surface area contributed by atoms with Gasteiger partial charge in [0.25, 0.3) is 0 Å². The summed E-state index contributed by atoms with van der Waals surface area (Å²) in [5.74, 6) is -1.25. The number of esters is 1. The van der Waals surface area contributed by atoms with Crippen LogP contribution in [0.5, 0.6) is 0 Å². The first-order valence-corrected chi connectivity index (χ1v) is 3.83. The lowest BCUT2D eigenvalue weighted by molar-refractivity contribution is -0.154. The van der Waals surface area contributed by atoms with E-state index in [2.05, 4.69) is 10.1 Å². The van der Waals surface area contributed by atoms with E-state index in [1.807, 2.05) is 0 Å². The van der Waals surface area contributed by atoms with Crippen molar-refractivity contribution in [3.05, 3.63) is 0 Å². The minimum Gasteiger partial charge on any atom is -0.469 e. The Bertz CT molecular complexity index is 204. The highest BCUT2D eigenvalue weighted by atomic mass is 19.4. The van der Waals surface area contributed by atoms with Crippen LogP contribution in [0, 0.1) is 5.92 Å². The molecule has 0 bridgehead atoms. The Balaban J connectivity index is 2.50. The summed E-state index contributed by atoms with van der Waals surface area (Å²) in [5.41, 5.74) is 0. The van der Waals surface area contributed by atoms with Gasteiger partial charge in [-0.05, 0) is 6.42 Å². The third-order valence-corrected chi connectivity index (χ3v) is 2.06. The summed E-state index contributed by atoms with van der Waals surface area (Å²) in [6, 6.07) is -1.57. The number of carbonyl (C=O) groups excluding carboxylic acids is 1. The second-order valence-electron chi connectivity index (χ2n) is 2.96. The number of methoxy groups -OCH3 is 1. The predicted molar refractivity (Wildman–Crippen MR) is 38.0 cm³/mol. The smallest absolute Gasteiger partial charge is 0.403 e. The molecule has 0 aromatic carbocycles. The SMILES string of the molecule is COC(=O)[C@@H]1CN[C@@H](C(F)(F)F)C1. The van der Waals surface area contributed by atoms with E-state index < -0.39 is 24.1 Å². The number of alkyl halides is 3. The maximum absolute atomic E-state index is 12.1. The summed E-state index contributed by atoms with van der Waals surface area (Å²) in [6.07, 6.45) is -4.50. The van der Waals surface area contributed by atoms with Gasteiger partial charge in [-0.1, -0.05) is 0 Å². The first kappa shape index (κ1) is 10.3. The Hall–Kier alpha value is -0.780. The zero-order valence-electron chi connectivity index (χ0n) is 7.02. The molecule has 0 aromatic heterocycles. The van der Waals surface area contributed by atoms with E-state index in [-0.39, 0.29) is 13.0 Å². The van der Waals surface area contributed by atoms with E-state index in [0.717, 1.165) is 0 Å². The fraction of sp³-hybridized carbons (Fsp3) is 0.857. The van der Waals surface area contributed by atoms with Gasteiger partial charge in [0.2, 0.25) is 0 Å². The molecule has 76 valence electrons. The van der Waals surface area contributed by atoms with E-state index >= 15 is 0 Å². The van der Waals surface area contributed by atoms with Crippen LogP contribution in [0.4, 0.5) is 13.2 Å². The first-order valence-electron chi connectivity index (χ1n) is 3.83. The van der Waals surface area contributed by atoms with Crippen LogP contribution >= 0.6 is 0 Å². The first-order chi connectivity index (χ1) is 5.95. The maximum Gasteiger partial charge on any atom is 0.403 e. The topological polar surface area (TPSA) is 38.3 Å². The second kappa shape index (κ2) is 3.53. The summed E-state index contributed by atoms with van der Waals surface area (Å²) in [6.45, 7) is 0.0385. The van der Waals surface area contributed by atoms with Gasteiger partial charge in [-0.15, -0.1) is 0 Å². The van der Waals surface area contributed by atoms with Crippen molar-refractivity contribution in [2.45, 2.75) is 18.6 Å². The fourth-order valence-corrected chi connectivity index (χ4v) is 1.33. The number of carbonyl (C=O) groups is 1. The largest absolute Gasteiger partial charge is 0.469 e. The lowest BCUT2D eigenvalue weighted by Gasteiger charge is -2.13. The van der Waals surface area contributed by atoms with Crippen molar-refractivity contribution >= 4 is 5.97 Å². The second-order valence-corrected chi connectivity index (χ2v) is 2.96. The summed E-state index contributed by atoms with van der Waals surface area (Å²) < 4.78 is 40.6. The standard InChI is InChI=1S/C7H10F3NO2/c1-13-6(12)4-2-5(11-3-4)7(8,9)10/h4-5,11H,2-3H2,1H3/t4-,5+/m0/s1. The summed E-state index contributed by atoms with van der Waals surface area (Å²) in [7, 11) is 1.17. The molecule has 1 aliphatic heterocycles. The van der Waals surface area contributed by atoms with Crippen LogP contribution < -0.4 is 5.32 Å². The van der Waals surface area contributed by atoms with E-state index in [9.17, 15) is 18.0 Å². The molecule has 3 nitrogen and oxygen atoms in total. The van der Waals surface area contributed by atoms with Gasteiger partial charge in [0.1, 0.15) is 6.04 Å². The number of rotatable bonds is 1. The molecule has 0 saturated carbocycles. The van der Waals surface area contributed by atoms with Crippen LogP contribution in [0.1, 0.15) is 6.42 Å². The fourth-order valence-electron chi connectivity index (χ4n) is 1.33. The molecule has 0 aliphatic carbocycles. The molecule has 0 unspecified atom stereocenters. The van der Waals surface area contributed by atoms with E-state index in [1.54, 1.807) is 0 Å². The van der Waals surface area contributed by atoms with E-state index in [0.29, 0.717) is 0 Å². The van der Waals surface area contributed by atoms with Crippen LogP contribution in [-0.4, -0.2) is 31.8 Å². The van der Waals surface area contributed by atoms with Crippen LogP contribution in [0.15, 0.2) is 0 Å². The van der Waals surface area contributed by atoms with Gasteiger partial charge in [0.15, 0.2) is 0 Å². The van der Waals surface area contributed by atoms with Crippen molar-refractivity contribution in [1.82, 2.24) is 5.32 Å². The van der Waals surface area contributed by atoms with Crippen LogP contribution in [0.2, 0.25) is 0 Å². The summed E-state index contributed by atoms with van der Waals surface area (Å²) in [5, 5.41) is 2.24.